The molecule has 0 saturated heterocycles. The maximum Gasteiger partial charge on any atom is 0.236 e. The lowest BCUT2D eigenvalue weighted by molar-refractivity contribution is -0.124. The lowest BCUT2D eigenvalue weighted by Gasteiger charge is -2.13. The minimum absolute atomic E-state index is 0.529. The highest BCUT2D eigenvalue weighted by Crippen LogP contribution is 2.28. The number of carbonyl (C=O) groups is 1. The molecule has 0 spiro atoms. The van der Waals surface area contributed by atoms with Gasteiger partial charge in [-0.1, -0.05) is 17.7 Å². The second kappa shape index (κ2) is 3.78. The summed E-state index contributed by atoms with van der Waals surface area (Å²) in [4.78, 5) is 13.9. The Morgan fingerprint density at radius 1 is 1.47 bits per heavy atom. The third-order valence-electron chi connectivity index (χ3n) is 2.59. The molecule has 0 radical (unpaired) electrons. The maximum atomic E-state index is 10.8. The summed E-state index contributed by atoms with van der Waals surface area (Å²) in [7, 11) is 0. The van der Waals surface area contributed by atoms with Gasteiger partial charge >= 0.3 is 0 Å². The van der Waals surface area contributed by atoms with Crippen LogP contribution in [0.4, 0.5) is 0 Å². The van der Waals surface area contributed by atoms with Crippen molar-refractivity contribution in [3.05, 3.63) is 35.0 Å². The van der Waals surface area contributed by atoms with Crippen LogP contribution in [0.25, 0.3) is 10.9 Å². The van der Waals surface area contributed by atoms with Gasteiger partial charge in [0.15, 0.2) is 6.40 Å². The summed E-state index contributed by atoms with van der Waals surface area (Å²) in [5, 5.41) is 6.63. The zero-order valence-electron chi connectivity index (χ0n) is 8.63. The predicted octanol–water partition coefficient (Wildman–Crippen LogP) is 2.25. The van der Waals surface area contributed by atoms with Crippen molar-refractivity contribution in [3.8, 4) is 0 Å². The molecule has 1 N–H and O–H groups in total. The van der Waals surface area contributed by atoms with E-state index in [0.717, 1.165) is 16.6 Å². The van der Waals surface area contributed by atoms with E-state index in [-0.39, 0.29) is 0 Å². The standard InChI is InChI=1S/C11H8ClN3O2/c12-8-2-1-7-3-10(14-9(7)4-8)11-15(6-16)13-5-17-11/h1-6,11,14H. The Labute approximate surface area is 102 Å². The van der Waals surface area contributed by atoms with Crippen molar-refractivity contribution >= 4 is 35.3 Å². The molecule has 0 saturated carbocycles. The summed E-state index contributed by atoms with van der Waals surface area (Å²) < 4.78 is 5.24. The lowest BCUT2D eigenvalue weighted by Crippen LogP contribution is -2.18. The maximum absolute atomic E-state index is 10.8. The SMILES string of the molecule is O=CN1N=COC1c1cc2ccc(Cl)cc2[nH]1. The van der Waals surface area contributed by atoms with Gasteiger partial charge < -0.3 is 9.72 Å². The number of fused-ring (bicyclic) bond motifs is 1. The van der Waals surface area contributed by atoms with Gasteiger partial charge in [-0.15, -0.1) is 5.10 Å². The van der Waals surface area contributed by atoms with Crippen LogP contribution in [0.2, 0.25) is 5.02 Å². The first-order chi connectivity index (χ1) is 8.28. The molecule has 3 rings (SSSR count). The van der Waals surface area contributed by atoms with Crippen LogP contribution in [0.5, 0.6) is 0 Å². The summed E-state index contributed by atoms with van der Waals surface area (Å²) >= 11 is 5.90. The van der Waals surface area contributed by atoms with Gasteiger partial charge in [0.2, 0.25) is 12.6 Å². The third-order valence-corrected chi connectivity index (χ3v) is 2.82. The average molecular weight is 250 g/mol. The number of hydrogen-bond donors (Lipinski definition) is 1. The molecule has 1 aliphatic heterocycles. The van der Waals surface area contributed by atoms with Gasteiger partial charge in [-0.05, 0) is 23.6 Å². The normalized spacial score (nSPS) is 18.6. The Balaban J connectivity index is 2.03. The predicted molar refractivity (Wildman–Crippen MR) is 63.5 cm³/mol. The van der Waals surface area contributed by atoms with E-state index in [2.05, 4.69) is 10.1 Å². The van der Waals surface area contributed by atoms with Gasteiger partial charge in [0, 0.05) is 10.5 Å². The summed E-state index contributed by atoms with van der Waals surface area (Å²) in [6.45, 7) is 0. The van der Waals surface area contributed by atoms with Gasteiger partial charge in [0.1, 0.15) is 0 Å². The smallest absolute Gasteiger partial charge is 0.236 e. The molecule has 1 atom stereocenters. The van der Waals surface area contributed by atoms with Crippen LogP contribution in [0, 0.1) is 0 Å². The number of amides is 1. The van der Waals surface area contributed by atoms with E-state index in [1.54, 1.807) is 0 Å². The van der Waals surface area contributed by atoms with Gasteiger partial charge in [-0.2, -0.15) is 5.01 Å². The second-order valence-electron chi connectivity index (χ2n) is 3.65. The number of rotatable bonds is 2. The minimum Gasteiger partial charge on any atom is -0.451 e. The fraction of sp³-hybridized carbons (Fsp3) is 0.0909. The quantitative estimate of drug-likeness (QED) is 0.830. The van der Waals surface area contributed by atoms with E-state index in [4.69, 9.17) is 16.3 Å². The van der Waals surface area contributed by atoms with Crippen molar-refractivity contribution in [1.82, 2.24) is 9.99 Å². The number of halogens is 1. The number of hydrogen-bond acceptors (Lipinski definition) is 3. The summed E-state index contributed by atoms with van der Waals surface area (Å²) in [5.74, 6) is 0. The highest BCUT2D eigenvalue weighted by molar-refractivity contribution is 6.31. The van der Waals surface area contributed by atoms with E-state index in [0.29, 0.717) is 11.4 Å². The molecule has 86 valence electrons. The van der Waals surface area contributed by atoms with Crippen molar-refractivity contribution in [2.24, 2.45) is 5.10 Å². The highest BCUT2D eigenvalue weighted by Gasteiger charge is 2.25. The average Bonchev–Trinajstić information content (AvgIpc) is 2.93. The van der Waals surface area contributed by atoms with E-state index >= 15 is 0 Å². The molecule has 6 heteroatoms. The number of hydrazone groups is 1. The summed E-state index contributed by atoms with van der Waals surface area (Å²) in [5.41, 5.74) is 1.65. The molecule has 1 aliphatic rings. The zero-order valence-corrected chi connectivity index (χ0v) is 9.39. The number of nitrogens with one attached hydrogen (secondary N) is 1. The van der Waals surface area contributed by atoms with Gasteiger partial charge in [0.25, 0.3) is 0 Å². The Kier molecular flexibility index (Phi) is 2.26. The molecule has 1 aromatic heterocycles. The number of H-pyrrole nitrogens is 1. The number of aromatic nitrogens is 1. The molecule has 0 bridgehead atoms. The Bertz CT molecular complexity index is 608. The van der Waals surface area contributed by atoms with Gasteiger partial charge in [0.05, 0.1) is 5.69 Å². The molecule has 1 unspecified atom stereocenters. The van der Waals surface area contributed by atoms with Gasteiger partial charge in [-0.25, -0.2) is 0 Å². The van der Waals surface area contributed by atoms with Crippen molar-refractivity contribution in [2.45, 2.75) is 6.23 Å². The topological polar surface area (TPSA) is 57.7 Å². The van der Waals surface area contributed by atoms with E-state index in [9.17, 15) is 4.79 Å². The minimum atomic E-state index is -0.529. The molecular weight excluding hydrogens is 242 g/mol. The number of aromatic amines is 1. The molecule has 2 aromatic rings. The number of nitrogens with zero attached hydrogens (tertiary/aromatic N) is 2. The van der Waals surface area contributed by atoms with Crippen LogP contribution in [-0.2, 0) is 9.53 Å². The van der Waals surface area contributed by atoms with Crippen LogP contribution in [0.1, 0.15) is 11.9 Å². The van der Waals surface area contributed by atoms with Crippen LogP contribution in [-0.4, -0.2) is 22.8 Å². The monoisotopic (exact) mass is 249 g/mol. The highest BCUT2D eigenvalue weighted by atomic mass is 35.5. The third kappa shape index (κ3) is 1.64. The molecule has 0 fully saturated rings. The van der Waals surface area contributed by atoms with E-state index < -0.39 is 6.23 Å². The second-order valence-corrected chi connectivity index (χ2v) is 4.09. The van der Waals surface area contributed by atoms with Crippen molar-refractivity contribution in [3.63, 3.8) is 0 Å². The first-order valence-electron chi connectivity index (χ1n) is 4.97. The molecule has 17 heavy (non-hydrogen) atoms. The molecule has 1 aromatic carbocycles. The number of carbonyl (C=O) groups excluding carboxylic acids is 1. The fourth-order valence-corrected chi connectivity index (χ4v) is 1.99. The fourth-order valence-electron chi connectivity index (χ4n) is 1.82. The number of benzene rings is 1. The van der Waals surface area contributed by atoms with E-state index in [1.807, 2.05) is 24.3 Å². The largest absolute Gasteiger partial charge is 0.451 e. The van der Waals surface area contributed by atoms with E-state index in [1.165, 1.54) is 11.4 Å². The Morgan fingerprint density at radius 2 is 2.35 bits per heavy atom. The van der Waals surface area contributed by atoms with Crippen molar-refractivity contribution in [1.29, 1.82) is 0 Å². The number of ether oxygens (including phenoxy) is 1. The molecule has 0 aliphatic carbocycles. The van der Waals surface area contributed by atoms with Crippen LogP contribution in [0.15, 0.2) is 29.4 Å². The zero-order chi connectivity index (χ0) is 11.8. The molecular formula is C11H8ClN3O2. The first-order valence-corrected chi connectivity index (χ1v) is 5.35. The van der Waals surface area contributed by atoms with Crippen molar-refractivity contribution in [2.75, 3.05) is 0 Å². The molecule has 1 amide bonds. The Hall–Kier alpha value is -2.01. The van der Waals surface area contributed by atoms with Crippen LogP contribution in [0.3, 0.4) is 0 Å². The Morgan fingerprint density at radius 3 is 3.18 bits per heavy atom. The molecule has 2 heterocycles. The summed E-state index contributed by atoms with van der Waals surface area (Å²) in [6.07, 6.45) is 1.34. The van der Waals surface area contributed by atoms with Crippen molar-refractivity contribution < 1.29 is 9.53 Å². The summed E-state index contributed by atoms with van der Waals surface area (Å²) in [6, 6.07) is 7.44. The van der Waals surface area contributed by atoms with Crippen LogP contribution >= 0.6 is 11.6 Å². The molecule has 5 nitrogen and oxygen atoms in total. The van der Waals surface area contributed by atoms with Crippen LogP contribution < -0.4 is 0 Å². The first kappa shape index (κ1) is 10.2. The van der Waals surface area contributed by atoms with Gasteiger partial charge in [-0.3, -0.25) is 4.79 Å². The lowest BCUT2D eigenvalue weighted by atomic mass is 10.2.